The van der Waals surface area contributed by atoms with Gasteiger partial charge >= 0.3 is 0 Å². The summed E-state index contributed by atoms with van der Waals surface area (Å²) in [7, 11) is 0. The van der Waals surface area contributed by atoms with E-state index in [1.54, 1.807) is 4.90 Å². The highest BCUT2D eigenvalue weighted by Gasteiger charge is 2.44. The van der Waals surface area contributed by atoms with Crippen molar-refractivity contribution >= 4 is 35.0 Å². The fourth-order valence-corrected chi connectivity index (χ4v) is 4.58. The van der Waals surface area contributed by atoms with E-state index in [0.29, 0.717) is 17.0 Å². The maximum Gasteiger partial charge on any atom is 0.261 e. The highest BCUT2D eigenvalue weighted by Crippen LogP contribution is 2.36. The largest absolute Gasteiger partial charge is 0.301 e. The van der Waals surface area contributed by atoms with E-state index < -0.39 is 0 Å². The monoisotopic (exact) mass is 342 g/mol. The molecule has 0 saturated carbocycles. The van der Waals surface area contributed by atoms with Crippen molar-refractivity contribution < 1.29 is 9.59 Å². The van der Waals surface area contributed by atoms with Crippen LogP contribution in [0, 0.1) is 5.92 Å². The second-order valence-corrected chi connectivity index (χ2v) is 6.89. The van der Waals surface area contributed by atoms with Crippen molar-refractivity contribution in [2.75, 3.05) is 19.6 Å². The molecule has 2 aromatic carbocycles. The van der Waals surface area contributed by atoms with E-state index in [2.05, 4.69) is 4.90 Å². The SMILES string of the molecule is Cl.O=C1c2cccc3cccc(c23)C(=O)N1[C@@H]1CN2CCC1CC2. The van der Waals surface area contributed by atoms with Crippen LogP contribution in [0.15, 0.2) is 36.4 Å². The zero-order valence-corrected chi connectivity index (χ0v) is 14.1. The fourth-order valence-electron chi connectivity index (χ4n) is 4.58. The Hall–Kier alpha value is -1.91. The molecule has 2 bridgehead atoms. The van der Waals surface area contributed by atoms with E-state index in [9.17, 15) is 9.59 Å². The number of fused-ring (bicyclic) bond motifs is 3. The summed E-state index contributed by atoms with van der Waals surface area (Å²) in [5.74, 6) is 0.230. The van der Waals surface area contributed by atoms with Crippen molar-refractivity contribution in [3.63, 3.8) is 0 Å². The third kappa shape index (κ3) is 2.03. The Balaban J connectivity index is 0.00000146. The second kappa shape index (κ2) is 5.57. The lowest BCUT2D eigenvalue weighted by molar-refractivity contribution is 0.00882. The van der Waals surface area contributed by atoms with E-state index in [-0.39, 0.29) is 30.3 Å². The van der Waals surface area contributed by atoms with Crippen LogP contribution in [0.1, 0.15) is 33.6 Å². The molecule has 0 radical (unpaired) electrons. The molecule has 4 aliphatic heterocycles. The number of imide groups is 1. The minimum Gasteiger partial charge on any atom is -0.301 e. The van der Waals surface area contributed by atoms with Gasteiger partial charge in [0, 0.05) is 23.1 Å². The molecule has 0 aliphatic carbocycles. The third-order valence-corrected chi connectivity index (χ3v) is 5.76. The van der Waals surface area contributed by atoms with Crippen molar-refractivity contribution in [2.24, 2.45) is 5.92 Å². The van der Waals surface area contributed by atoms with E-state index in [1.165, 1.54) is 0 Å². The Labute approximate surface area is 146 Å². The van der Waals surface area contributed by atoms with Gasteiger partial charge in [-0.15, -0.1) is 12.4 Å². The fraction of sp³-hybridized carbons (Fsp3) is 0.368. The minimum atomic E-state index is -0.113. The van der Waals surface area contributed by atoms with Crippen molar-refractivity contribution in [3.8, 4) is 0 Å². The molecule has 0 spiro atoms. The lowest BCUT2D eigenvalue weighted by atomic mass is 9.81. The summed E-state index contributed by atoms with van der Waals surface area (Å²) in [5.41, 5.74) is 1.35. The maximum atomic E-state index is 13.1. The summed E-state index contributed by atoms with van der Waals surface area (Å²) >= 11 is 0. The van der Waals surface area contributed by atoms with Gasteiger partial charge in [-0.25, -0.2) is 0 Å². The second-order valence-electron chi connectivity index (χ2n) is 6.89. The summed E-state index contributed by atoms with van der Waals surface area (Å²) in [6.07, 6.45) is 2.18. The molecule has 4 heterocycles. The highest BCUT2D eigenvalue weighted by atomic mass is 35.5. The van der Waals surface area contributed by atoms with Crippen LogP contribution >= 0.6 is 12.4 Å². The third-order valence-electron chi connectivity index (χ3n) is 5.76. The van der Waals surface area contributed by atoms with Crippen molar-refractivity contribution in [1.29, 1.82) is 0 Å². The number of benzene rings is 2. The van der Waals surface area contributed by atoms with Crippen LogP contribution < -0.4 is 0 Å². The Morgan fingerprint density at radius 2 is 1.46 bits per heavy atom. The summed E-state index contributed by atoms with van der Waals surface area (Å²) in [4.78, 5) is 30.1. The van der Waals surface area contributed by atoms with Crippen LogP contribution in [0.5, 0.6) is 0 Å². The molecular formula is C19H19ClN2O2. The van der Waals surface area contributed by atoms with Crippen molar-refractivity contribution in [1.82, 2.24) is 9.80 Å². The van der Waals surface area contributed by atoms with E-state index in [1.807, 2.05) is 36.4 Å². The number of halogens is 1. The highest BCUT2D eigenvalue weighted by molar-refractivity contribution is 6.25. The number of piperidine rings is 3. The average Bonchev–Trinajstić information content (AvgIpc) is 2.61. The van der Waals surface area contributed by atoms with Gasteiger partial charge in [-0.3, -0.25) is 14.5 Å². The molecule has 0 N–H and O–H groups in total. The number of carbonyl (C=O) groups is 2. The normalized spacial score (nSPS) is 28.2. The van der Waals surface area contributed by atoms with Gasteiger partial charge in [0.2, 0.25) is 0 Å². The first kappa shape index (κ1) is 15.6. The summed E-state index contributed by atoms with van der Waals surface area (Å²) in [5, 5.41) is 1.79. The molecule has 0 unspecified atom stereocenters. The lowest BCUT2D eigenvalue weighted by Gasteiger charge is -2.49. The van der Waals surface area contributed by atoms with Gasteiger partial charge in [0.15, 0.2) is 0 Å². The molecule has 6 rings (SSSR count). The average molecular weight is 343 g/mol. The number of hydrogen-bond acceptors (Lipinski definition) is 3. The molecule has 4 nitrogen and oxygen atoms in total. The zero-order valence-electron chi connectivity index (χ0n) is 13.3. The number of rotatable bonds is 1. The quantitative estimate of drug-likeness (QED) is 0.748. The molecule has 4 aliphatic rings. The van der Waals surface area contributed by atoms with Gasteiger partial charge in [0.1, 0.15) is 0 Å². The van der Waals surface area contributed by atoms with Gasteiger partial charge < -0.3 is 4.90 Å². The summed E-state index contributed by atoms with van der Waals surface area (Å²) in [6.45, 7) is 3.04. The molecule has 2 aromatic rings. The van der Waals surface area contributed by atoms with Crippen molar-refractivity contribution in [2.45, 2.75) is 18.9 Å². The summed E-state index contributed by atoms with van der Waals surface area (Å²) < 4.78 is 0. The van der Waals surface area contributed by atoms with Crippen LogP contribution in [0.4, 0.5) is 0 Å². The topological polar surface area (TPSA) is 40.6 Å². The number of amides is 2. The molecule has 2 amide bonds. The first-order valence-electron chi connectivity index (χ1n) is 8.36. The van der Waals surface area contributed by atoms with Crippen LogP contribution in [0.3, 0.4) is 0 Å². The summed E-state index contributed by atoms with van der Waals surface area (Å²) in [6, 6.07) is 11.5. The Morgan fingerprint density at radius 3 is 1.96 bits per heavy atom. The molecular weight excluding hydrogens is 324 g/mol. The van der Waals surface area contributed by atoms with E-state index in [0.717, 1.165) is 43.2 Å². The van der Waals surface area contributed by atoms with Gasteiger partial charge in [-0.05, 0) is 49.4 Å². The Morgan fingerprint density at radius 1 is 0.875 bits per heavy atom. The molecule has 3 fully saturated rings. The van der Waals surface area contributed by atoms with Crippen LogP contribution in [-0.2, 0) is 0 Å². The predicted octanol–water partition coefficient (Wildman–Crippen LogP) is 2.95. The lowest BCUT2D eigenvalue weighted by Crippen LogP contribution is -2.60. The maximum absolute atomic E-state index is 13.1. The first-order valence-corrected chi connectivity index (χ1v) is 8.36. The predicted molar refractivity (Wildman–Crippen MR) is 94.6 cm³/mol. The number of nitrogens with zero attached hydrogens (tertiary/aromatic N) is 2. The van der Waals surface area contributed by atoms with Gasteiger partial charge in [0.05, 0.1) is 6.04 Å². The number of hydrogen-bond donors (Lipinski definition) is 0. The van der Waals surface area contributed by atoms with Gasteiger partial charge in [0.25, 0.3) is 11.8 Å². The van der Waals surface area contributed by atoms with Crippen LogP contribution in [0.2, 0.25) is 0 Å². The van der Waals surface area contributed by atoms with Crippen LogP contribution in [-0.4, -0.2) is 47.3 Å². The van der Waals surface area contributed by atoms with Crippen LogP contribution in [0.25, 0.3) is 10.8 Å². The van der Waals surface area contributed by atoms with Crippen molar-refractivity contribution in [3.05, 3.63) is 47.5 Å². The Bertz CT molecular complexity index is 792. The number of carbonyl (C=O) groups excluding carboxylic acids is 2. The molecule has 5 heteroatoms. The van der Waals surface area contributed by atoms with E-state index >= 15 is 0 Å². The smallest absolute Gasteiger partial charge is 0.261 e. The first-order chi connectivity index (χ1) is 11.2. The molecule has 3 saturated heterocycles. The standard InChI is InChI=1S/C19H18N2O2.ClH/c22-18-14-5-1-3-13-4-2-6-15(17(13)14)19(23)21(18)16-11-20-9-7-12(16)8-10-20;/h1-6,12,16H,7-11H2;1H/t16-;/m1./s1. The Kier molecular flexibility index (Phi) is 3.62. The minimum absolute atomic E-state index is 0. The zero-order chi connectivity index (χ0) is 15.6. The molecule has 24 heavy (non-hydrogen) atoms. The van der Waals surface area contributed by atoms with E-state index in [4.69, 9.17) is 0 Å². The molecule has 124 valence electrons. The van der Waals surface area contributed by atoms with Gasteiger partial charge in [-0.2, -0.15) is 0 Å². The molecule has 0 aromatic heterocycles. The molecule has 1 atom stereocenters. The van der Waals surface area contributed by atoms with Gasteiger partial charge in [-0.1, -0.05) is 24.3 Å².